The fourth-order valence-electron chi connectivity index (χ4n) is 2.22. The number of benzene rings is 2. The summed E-state index contributed by atoms with van der Waals surface area (Å²) >= 11 is 0. The van der Waals surface area contributed by atoms with Gasteiger partial charge in [-0.1, -0.05) is 30.3 Å². The van der Waals surface area contributed by atoms with Crippen LogP contribution in [0.25, 0.3) is 0 Å². The summed E-state index contributed by atoms with van der Waals surface area (Å²) in [6.07, 6.45) is -4.53. The Labute approximate surface area is 178 Å². The molecule has 0 bridgehead atoms. The summed E-state index contributed by atoms with van der Waals surface area (Å²) in [7, 11) is 0. The standard InChI is InChI=1S/C19H22F3N3O2.HI/c20-19(21,22)15-6-8-17(9-7-15)27-13-16(26)12-25-18(23)24-11-10-14-4-2-1-3-5-14;/h1-9,16,26H,10-13H2,(H3,23,24,25);1H. The molecule has 4 N–H and O–H groups in total. The zero-order valence-corrected chi connectivity index (χ0v) is 17.4. The second-order valence-electron chi connectivity index (χ2n) is 5.88. The van der Waals surface area contributed by atoms with Crippen LogP contribution in [0.1, 0.15) is 11.1 Å². The number of rotatable bonds is 8. The Morgan fingerprint density at radius 3 is 2.36 bits per heavy atom. The van der Waals surface area contributed by atoms with Gasteiger partial charge in [0.25, 0.3) is 0 Å². The van der Waals surface area contributed by atoms with Crippen molar-refractivity contribution >= 4 is 29.9 Å². The minimum absolute atomic E-state index is 0. The SMILES string of the molecule is I.NC(=NCC(O)COc1ccc(C(F)(F)F)cc1)NCCc1ccccc1. The van der Waals surface area contributed by atoms with Crippen LogP contribution in [0.5, 0.6) is 5.75 Å². The average Bonchev–Trinajstić information content (AvgIpc) is 2.65. The number of alkyl halides is 3. The van der Waals surface area contributed by atoms with Crippen molar-refractivity contribution in [3.63, 3.8) is 0 Å². The summed E-state index contributed by atoms with van der Waals surface area (Å²) in [5.41, 5.74) is 6.15. The summed E-state index contributed by atoms with van der Waals surface area (Å²) in [5, 5.41) is 12.8. The fraction of sp³-hybridized carbons (Fsp3) is 0.316. The molecule has 2 aromatic carbocycles. The highest BCUT2D eigenvalue weighted by Gasteiger charge is 2.30. The molecule has 0 amide bonds. The second kappa shape index (κ2) is 11.7. The lowest BCUT2D eigenvalue weighted by Crippen LogP contribution is -2.34. The summed E-state index contributed by atoms with van der Waals surface area (Å²) < 4.78 is 42.7. The van der Waals surface area contributed by atoms with E-state index in [2.05, 4.69) is 10.3 Å². The van der Waals surface area contributed by atoms with E-state index < -0.39 is 17.8 Å². The van der Waals surface area contributed by atoms with Crippen LogP contribution in [0, 0.1) is 0 Å². The molecule has 0 aliphatic rings. The highest BCUT2D eigenvalue weighted by Crippen LogP contribution is 2.30. The zero-order valence-electron chi connectivity index (χ0n) is 15.0. The third-order valence-electron chi connectivity index (χ3n) is 3.66. The summed E-state index contributed by atoms with van der Waals surface area (Å²) in [6.45, 7) is 0.522. The minimum Gasteiger partial charge on any atom is -0.491 e. The van der Waals surface area contributed by atoms with E-state index in [1.54, 1.807) is 0 Å². The van der Waals surface area contributed by atoms with E-state index in [1.807, 2.05) is 30.3 Å². The molecule has 0 saturated heterocycles. The maximum Gasteiger partial charge on any atom is 0.416 e. The van der Waals surface area contributed by atoms with Crippen molar-refractivity contribution in [1.82, 2.24) is 5.32 Å². The first kappa shape index (κ1) is 24.0. The maximum absolute atomic E-state index is 12.5. The van der Waals surface area contributed by atoms with Crippen molar-refractivity contribution in [2.24, 2.45) is 10.7 Å². The van der Waals surface area contributed by atoms with Crippen LogP contribution in [-0.2, 0) is 12.6 Å². The predicted molar refractivity (Wildman–Crippen MR) is 113 cm³/mol. The number of halogens is 4. The van der Waals surface area contributed by atoms with Gasteiger partial charge in [0.05, 0.1) is 12.1 Å². The zero-order chi connectivity index (χ0) is 19.7. The molecule has 0 fully saturated rings. The largest absolute Gasteiger partial charge is 0.491 e. The molecule has 1 atom stereocenters. The van der Waals surface area contributed by atoms with E-state index in [1.165, 1.54) is 17.7 Å². The Bertz CT molecular complexity index is 725. The molecular weight excluding hydrogens is 486 g/mol. The molecule has 0 spiro atoms. The molecule has 2 rings (SSSR count). The molecule has 2 aromatic rings. The molecule has 0 aliphatic heterocycles. The first-order valence-electron chi connectivity index (χ1n) is 8.40. The van der Waals surface area contributed by atoms with Gasteiger partial charge >= 0.3 is 6.18 Å². The van der Waals surface area contributed by atoms with E-state index in [0.717, 1.165) is 18.6 Å². The highest BCUT2D eigenvalue weighted by molar-refractivity contribution is 14.0. The number of hydrogen-bond donors (Lipinski definition) is 3. The number of ether oxygens (including phenoxy) is 1. The Balaban J connectivity index is 0.00000392. The normalized spacial score (nSPS) is 12.8. The first-order chi connectivity index (χ1) is 12.8. The van der Waals surface area contributed by atoms with E-state index in [-0.39, 0.29) is 48.8 Å². The maximum atomic E-state index is 12.5. The average molecular weight is 509 g/mol. The van der Waals surface area contributed by atoms with Gasteiger partial charge in [-0.3, -0.25) is 4.99 Å². The van der Waals surface area contributed by atoms with Crippen molar-refractivity contribution in [3.8, 4) is 5.75 Å². The predicted octanol–water partition coefficient (Wildman–Crippen LogP) is 3.21. The molecular formula is C19H23F3IN3O2. The summed E-state index contributed by atoms with van der Waals surface area (Å²) in [5.74, 6) is 0.444. The lowest BCUT2D eigenvalue weighted by atomic mass is 10.1. The summed E-state index contributed by atoms with van der Waals surface area (Å²) in [6, 6.07) is 14.1. The number of guanidine groups is 1. The number of nitrogens with one attached hydrogen (secondary N) is 1. The number of hydrogen-bond acceptors (Lipinski definition) is 3. The topological polar surface area (TPSA) is 79.9 Å². The number of aliphatic hydroxyl groups excluding tert-OH is 1. The molecule has 28 heavy (non-hydrogen) atoms. The number of aliphatic imine (C=N–C) groups is 1. The molecule has 5 nitrogen and oxygen atoms in total. The first-order valence-corrected chi connectivity index (χ1v) is 8.40. The van der Waals surface area contributed by atoms with Gasteiger partial charge < -0.3 is 20.9 Å². The second-order valence-corrected chi connectivity index (χ2v) is 5.88. The minimum atomic E-state index is -4.39. The van der Waals surface area contributed by atoms with Crippen LogP contribution >= 0.6 is 24.0 Å². The van der Waals surface area contributed by atoms with Gasteiger partial charge in [0.1, 0.15) is 18.5 Å². The van der Waals surface area contributed by atoms with Crippen LogP contribution in [0.3, 0.4) is 0 Å². The lowest BCUT2D eigenvalue weighted by Gasteiger charge is -2.12. The molecule has 0 aromatic heterocycles. The van der Waals surface area contributed by atoms with E-state index in [4.69, 9.17) is 10.5 Å². The molecule has 0 heterocycles. The van der Waals surface area contributed by atoms with E-state index in [0.29, 0.717) is 6.54 Å². The molecule has 0 radical (unpaired) electrons. The molecule has 0 saturated carbocycles. The fourth-order valence-corrected chi connectivity index (χ4v) is 2.22. The summed E-state index contributed by atoms with van der Waals surface area (Å²) in [4.78, 5) is 4.02. The third kappa shape index (κ3) is 8.79. The quantitative estimate of drug-likeness (QED) is 0.290. The van der Waals surface area contributed by atoms with Crippen molar-refractivity contribution < 1.29 is 23.0 Å². The molecule has 0 aliphatic carbocycles. The van der Waals surface area contributed by atoms with Crippen molar-refractivity contribution in [2.45, 2.75) is 18.7 Å². The van der Waals surface area contributed by atoms with Crippen molar-refractivity contribution in [1.29, 1.82) is 0 Å². The molecule has 9 heteroatoms. The third-order valence-corrected chi connectivity index (χ3v) is 3.66. The van der Waals surface area contributed by atoms with Gasteiger partial charge in [0.15, 0.2) is 5.96 Å². The molecule has 1 unspecified atom stereocenters. The van der Waals surface area contributed by atoms with Crippen LogP contribution < -0.4 is 15.8 Å². The van der Waals surface area contributed by atoms with Gasteiger partial charge in [-0.15, -0.1) is 24.0 Å². The van der Waals surface area contributed by atoms with Crippen LogP contribution in [0.2, 0.25) is 0 Å². The Kier molecular flexibility index (Phi) is 10.1. The van der Waals surface area contributed by atoms with E-state index in [9.17, 15) is 18.3 Å². The van der Waals surface area contributed by atoms with Gasteiger partial charge in [0, 0.05) is 6.54 Å². The van der Waals surface area contributed by atoms with E-state index >= 15 is 0 Å². The number of nitrogens with two attached hydrogens (primary N) is 1. The van der Waals surface area contributed by atoms with Gasteiger partial charge in [-0.05, 0) is 36.2 Å². The van der Waals surface area contributed by atoms with Crippen LogP contribution in [0.4, 0.5) is 13.2 Å². The smallest absolute Gasteiger partial charge is 0.416 e. The van der Waals surface area contributed by atoms with Gasteiger partial charge in [-0.25, -0.2) is 0 Å². The highest BCUT2D eigenvalue weighted by atomic mass is 127. The number of aliphatic hydroxyl groups is 1. The Hall–Kier alpha value is -2.01. The van der Waals surface area contributed by atoms with Crippen molar-refractivity contribution in [2.75, 3.05) is 19.7 Å². The lowest BCUT2D eigenvalue weighted by molar-refractivity contribution is -0.137. The number of nitrogens with zero attached hydrogens (tertiary/aromatic N) is 1. The van der Waals surface area contributed by atoms with Gasteiger partial charge in [0.2, 0.25) is 0 Å². The van der Waals surface area contributed by atoms with Crippen molar-refractivity contribution in [3.05, 3.63) is 65.7 Å². The Morgan fingerprint density at radius 1 is 1.11 bits per heavy atom. The Morgan fingerprint density at radius 2 is 1.75 bits per heavy atom. The van der Waals surface area contributed by atoms with Crippen LogP contribution in [-0.4, -0.2) is 36.9 Å². The monoisotopic (exact) mass is 509 g/mol. The van der Waals surface area contributed by atoms with Crippen LogP contribution in [0.15, 0.2) is 59.6 Å². The molecule has 154 valence electrons. The van der Waals surface area contributed by atoms with Gasteiger partial charge in [-0.2, -0.15) is 13.2 Å².